The van der Waals surface area contributed by atoms with Crippen LogP contribution in [-0.2, 0) is 13.2 Å². The van der Waals surface area contributed by atoms with Crippen molar-refractivity contribution < 1.29 is 22.6 Å². The lowest BCUT2D eigenvalue weighted by atomic mass is 10.1. The third kappa shape index (κ3) is 4.04. The van der Waals surface area contributed by atoms with Crippen LogP contribution in [-0.4, -0.2) is 31.4 Å². The van der Waals surface area contributed by atoms with Crippen LogP contribution in [0.15, 0.2) is 65.7 Å². The zero-order valence-corrected chi connectivity index (χ0v) is 16.9. The van der Waals surface area contributed by atoms with Crippen LogP contribution >= 0.6 is 0 Å². The summed E-state index contributed by atoms with van der Waals surface area (Å²) in [5, 5.41) is 4.01. The molecule has 0 saturated carbocycles. The first-order chi connectivity index (χ1) is 15.3. The van der Waals surface area contributed by atoms with Crippen LogP contribution in [0.2, 0.25) is 0 Å². The first-order valence-electron chi connectivity index (χ1n) is 9.25. The summed E-state index contributed by atoms with van der Waals surface area (Å²) in [6.45, 7) is 0. The maximum Gasteiger partial charge on any atom is 0.416 e. The minimum Gasteiger partial charge on any atom is -0.467 e. The summed E-state index contributed by atoms with van der Waals surface area (Å²) in [5.74, 6) is 0.366. The molecule has 2 heterocycles. The molecule has 11 heteroatoms. The van der Waals surface area contributed by atoms with E-state index in [2.05, 4.69) is 15.1 Å². The third-order valence-electron chi connectivity index (χ3n) is 4.52. The molecule has 164 valence electrons. The van der Waals surface area contributed by atoms with Gasteiger partial charge in [0.25, 0.3) is 0 Å². The summed E-state index contributed by atoms with van der Waals surface area (Å²) in [7, 11) is 2.88. The highest BCUT2D eigenvalue weighted by Gasteiger charge is 2.30. The lowest BCUT2D eigenvalue weighted by molar-refractivity contribution is -0.137. The molecule has 0 unspecified atom stereocenters. The molecule has 4 aromatic rings. The van der Waals surface area contributed by atoms with Crippen molar-refractivity contribution in [1.29, 1.82) is 0 Å². The molecule has 0 aliphatic carbocycles. The Kier molecular flexibility index (Phi) is 5.39. The van der Waals surface area contributed by atoms with Gasteiger partial charge in [-0.2, -0.15) is 13.2 Å². The number of hydrogen-bond donors (Lipinski definition) is 0. The van der Waals surface area contributed by atoms with Crippen LogP contribution in [0.1, 0.15) is 5.56 Å². The van der Waals surface area contributed by atoms with Crippen molar-refractivity contribution in [1.82, 2.24) is 24.3 Å². The van der Waals surface area contributed by atoms with Crippen LogP contribution in [0.3, 0.4) is 0 Å². The summed E-state index contributed by atoms with van der Waals surface area (Å²) in [5.41, 5.74) is -0.0720. The molecular formula is C21H16F3N5O3. The van der Waals surface area contributed by atoms with Crippen molar-refractivity contribution >= 4 is 0 Å². The molecule has 0 aliphatic heterocycles. The van der Waals surface area contributed by atoms with Crippen molar-refractivity contribution in [3.8, 4) is 34.6 Å². The van der Waals surface area contributed by atoms with E-state index in [1.165, 1.54) is 43.3 Å². The fourth-order valence-electron chi connectivity index (χ4n) is 2.99. The first-order valence-corrected chi connectivity index (χ1v) is 9.25. The predicted octanol–water partition coefficient (Wildman–Crippen LogP) is 3.85. The quantitative estimate of drug-likeness (QED) is 0.466. The molecule has 0 fully saturated rings. The van der Waals surface area contributed by atoms with Gasteiger partial charge in [0.05, 0.1) is 36.4 Å². The van der Waals surface area contributed by atoms with E-state index in [0.29, 0.717) is 16.9 Å². The molecular weight excluding hydrogens is 427 g/mol. The molecule has 2 aromatic carbocycles. The Hall–Kier alpha value is -4.15. The van der Waals surface area contributed by atoms with Gasteiger partial charge >= 0.3 is 17.9 Å². The zero-order valence-electron chi connectivity index (χ0n) is 16.9. The Morgan fingerprint density at radius 1 is 1.00 bits per heavy atom. The average Bonchev–Trinajstić information content (AvgIpc) is 3.07. The van der Waals surface area contributed by atoms with Gasteiger partial charge in [0.2, 0.25) is 5.88 Å². The van der Waals surface area contributed by atoms with Gasteiger partial charge in [0.1, 0.15) is 0 Å². The SMILES string of the molecule is COc1nn(C)c(=O)n1-c1ccccc1Oc1cncc(-c2ccc(C(F)(F)F)cc2)n1. The van der Waals surface area contributed by atoms with Crippen molar-refractivity contribution in [3.05, 3.63) is 77.0 Å². The fraction of sp³-hybridized carbons (Fsp3) is 0.143. The monoisotopic (exact) mass is 443 g/mol. The van der Waals surface area contributed by atoms with Crippen LogP contribution in [0.5, 0.6) is 17.6 Å². The zero-order chi connectivity index (χ0) is 22.9. The molecule has 0 spiro atoms. The molecule has 0 saturated heterocycles. The van der Waals surface area contributed by atoms with E-state index >= 15 is 0 Å². The number of rotatable bonds is 5. The van der Waals surface area contributed by atoms with Crippen LogP contribution in [0.25, 0.3) is 16.9 Å². The van der Waals surface area contributed by atoms with Gasteiger partial charge in [-0.15, -0.1) is 5.10 Å². The molecule has 0 amide bonds. The summed E-state index contributed by atoms with van der Waals surface area (Å²) in [4.78, 5) is 20.9. The van der Waals surface area contributed by atoms with E-state index < -0.39 is 17.4 Å². The minimum absolute atomic E-state index is 0.0677. The van der Waals surface area contributed by atoms with Crippen molar-refractivity contribution in [2.45, 2.75) is 6.18 Å². The molecule has 32 heavy (non-hydrogen) atoms. The number of benzene rings is 2. The van der Waals surface area contributed by atoms with E-state index in [4.69, 9.17) is 9.47 Å². The number of aryl methyl sites for hydroxylation is 1. The Labute approximate surface area is 179 Å². The maximum absolute atomic E-state index is 12.8. The Balaban J connectivity index is 1.68. The normalized spacial score (nSPS) is 11.4. The lowest BCUT2D eigenvalue weighted by Crippen LogP contribution is -2.22. The predicted molar refractivity (Wildman–Crippen MR) is 108 cm³/mol. The Morgan fingerprint density at radius 3 is 2.41 bits per heavy atom. The third-order valence-corrected chi connectivity index (χ3v) is 4.52. The van der Waals surface area contributed by atoms with Gasteiger partial charge in [-0.25, -0.2) is 19.0 Å². The summed E-state index contributed by atoms with van der Waals surface area (Å²) >= 11 is 0. The molecule has 4 rings (SSSR count). The maximum atomic E-state index is 12.8. The number of ether oxygens (including phenoxy) is 2. The Bertz CT molecular complexity index is 1310. The van der Waals surface area contributed by atoms with Crippen LogP contribution < -0.4 is 15.2 Å². The van der Waals surface area contributed by atoms with Gasteiger partial charge in [-0.05, 0) is 24.3 Å². The largest absolute Gasteiger partial charge is 0.467 e. The molecule has 0 atom stereocenters. The molecule has 2 aromatic heterocycles. The highest BCUT2D eigenvalue weighted by molar-refractivity contribution is 5.59. The number of alkyl halides is 3. The number of hydrogen-bond acceptors (Lipinski definition) is 6. The van der Waals surface area contributed by atoms with Gasteiger partial charge in [-0.3, -0.25) is 4.98 Å². The van der Waals surface area contributed by atoms with Crippen LogP contribution in [0.4, 0.5) is 13.2 Å². The van der Waals surface area contributed by atoms with E-state index in [1.807, 2.05) is 0 Å². The van der Waals surface area contributed by atoms with Gasteiger partial charge < -0.3 is 9.47 Å². The van der Waals surface area contributed by atoms with E-state index in [1.54, 1.807) is 24.3 Å². The van der Waals surface area contributed by atoms with Gasteiger partial charge in [0.15, 0.2) is 5.75 Å². The summed E-state index contributed by atoms with van der Waals surface area (Å²) < 4.78 is 51.8. The molecule has 0 radical (unpaired) electrons. The molecule has 0 aliphatic rings. The summed E-state index contributed by atoms with van der Waals surface area (Å²) in [6, 6.07) is 11.3. The van der Waals surface area contributed by atoms with E-state index in [-0.39, 0.29) is 17.6 Å². The van der Waals surface area contributed by atoms with E-state index in [9.17, 15) is 18.0 Å². The summed E-state index contributed by atoms with van der Waals surface area (Å²) in [6.07, 6.45) is -1.66. The molecule has 0 bridgehead atoms. The van der Waals surface area contributed by atoms with E-state index in [0.717, 1.165) is 16.8 Å². The van der Waals surface area contributed by atoms with Crippen molar-refractivity contribution in [2.75, 3.05) is 7.11 Å². The van der Waals surface area contributed by atoms with Gasteiger partial charge in [0, 0.05) is 12.6 Å². The minimum atomic E-state index is -4.43. The second kappa shape index (κ2) is 8.17. The smallest absolute Gasteiger partial charge is 0.416 e. The van der Waals surface area contributed by atoms with Crippen molar-refractivity contribution in [3.63, 3.8) is 0 Å². The molecule has 8 nitrogen and oxygen atoms in total. The number of halogens is 3. The highest BCUT2D eigenvalue weighted by Crippen LogP contribution is 2.32. The number of para-hydroxylation sites is 2. The second-order valence-corrected chi connectivity index (χ2v) is 6.62. The fourth-order valence-corrected chi connectivity index (χ4v) is 2.99. The first kappa shape index (κ1) is 21.1. The topological polar surface area (TPSA) is 84.1 Å². The highest BCUT2D eigenvalue weighted by atomic mass is 19.4. The molecule has 0 N–H and O–H groups in total. The lowest BCUT2D eigenvalue weighted by Gasteiger charge is -2.12. The average molecular weight is 443 g/mol. The van der Waals surface area contributed by atoms with Gasteiger partial charge in [-0.1, -0.05) is 24.3 Å². The second-order valence-electron chi connectivity index (χ2n) is 6.62. The Morgan fingerprint density at radius 2 is 1.72 bits per heavy atom. The van der Waals surface area contributed by atoms with Crippen LogP contribution in [0, 0.1) is 0 Å². The standard InChI is InChI=1S/C21H16F3N5O3/c1-28-20(30)29(19(27-28)31-2)16-5-3-4-6-17(16)32-18-12-25-11-15(26-18)13-7-9-14(10-8-13)21(22,23)24/h3-12H,1-2H3. The number of aromatic nitrogens is 5. The number of methoxy groups -OCH3 is 1. The number of nitrogens with zero attached hydrogens (tertiary/aromatic N) is 5. The van der Waals surface area contributed by atoms with Crippen molar-refractivity contribution in [2.24, 2.45) is 7.05 Å².